The van der Waals surface area contributed by atoms with Crippen molar-refractivity contribution in [2.45, 2.75) is 26.8 Å². The van der Waals surface area contributed by atoms with E-state index >= 15 is 0 Å². The number of carbonyl (C=O) groups excluding carboxylic acids is 1. The number of aryl methyl sites for hydroxylation is 1. The number of carbonyl (C=O) groups is 1. The van der Waals surface area contributed by atoms with E-state index in [1.165, 1.54) is 0 Å². The first-order valence-corrected chi connectivity index (χ1v) is 4.59. The first-order chi connectivity index (χ1) is 6.50. The summed E-state index contributed by atoms with van der Waals surface area (Å²) in [5, 5.41) is 9.33. The van der Waals surface area contributed by atoms with Crippen LogP contribution in [0.5, 0.6) is 0 Å². The van der Waals surface area contributed by atoms with Crippen LogP contribution in [0.15, 0.2) is 6.07 Å². The van der Waals surface area contributed by atoms with Crippen molar-refractivity contribution in [3.05, 3.63) is 11.8 Å². The second kappa shape index (κ2) is 4.23. The van der Waals surface area contributed by atoms with Gasteiger partial charge in [0.15, 0.2) is 5.82 Å². The van der Waals surface area contributed by atoms with Gasteiger partial charge in [0.25, 0.3) is 0 Å². The van der Waals surface area contributed by atoms with Gasteiger partial charge < -0.3 is 11.1 Å². The molecule has 0 fully saturated rings. The lowest BCUT2D eigenvalue weighted by Crippen LogP contribution is -2.34. The number of aromatic amines is 1. The largest absolute Gasteiger partial charge is 0.327 e. The molecular formula is C9H16N4O. The maximum Gasteiger partial charge on any atom is 0.229 e. The van der Waals surface area contributed by atoms with Gasteiger partial charge in [0.05, 0.1) is 5.92 Å². The standard InChI is InChI=1S/C9H16N4O/c1-5-4-8(13-12-5)11-9(14)6(2)7(3)10/h4,6-7H,10H2,1-3H3,(H2,11,12,13,14). The normalized spacial score (nSPS) is 14.9. The lowest BCUT2D eigenvalue weighted by molar-refractivity contribution is -0.119. The Hall–Kier alpha value is -1.36. The molecule has 5 heteroatoms. The molecule has 1 amide bonds. The van der Waals surface area contributed by atoms with Crippen molar-refractivity contribution >= 4 is 11.7 Å². The molecule has 1 aromatic heterocycles. The van der Waals surface area contributed by atoms with Gasteiger partial charge in [-0.3, -0.25) is 9.89 Å². The predicted molar refractivity (Wildman–Crippen MR) is 54.8 cm³/mol. The van der Waals surface area contributed by atoms with Crippen LogP contribution in [0.25, 0.3) is 0 Å². The average molecular weight is 196 g/mol. The highest BCUT2D eigenvalue weighted by atomic mass is 16.2. The lowest BCUT2D eigenvalue weighted by Gasteiger charge is -2.13. The van der Waals surface area contributed by atoms with Crippen molar-refractivity contribution in [3.63, 3.8) is 0 Å². The summed E-state index contributed by atoms with van der Waals surface area (Å²) in [6, 6.07) is 1.61. The van der Waals surface area contributed by atoms with Crippen LogP contribution in [0.4, 0.5) is 5.82 Å². The molecule has 0 aliphatic rings. The summed E-state index contributed by atoms with van der Waals surface area (Å²) in [4.78, 5) is 11.5. The van der Waals surface area contributed by atoms with Crippen molar-refractivity contribution in [2.24, 2.45) is 11.7 Å². The minimum Gasteiger partial charge on any atom is -0.327 e. The third-order valence-electron chi connectivity index (χ3n) is 2.16. The Labute approximate surface area is 83.1 Å². The lowest BCUT2D eigenvalue weighted by atomic mass is 10.0. The zero-order valence-corrected chi connectivity index (χ0v) is 8.66. The molecular weight excluding hydrogens is 180 g/mol. The van der Waals surface area contributed by atoms with Gasteiger partial charge in [-0.1, -0.05) is 6.92 Å². The highest BCUT2D eigenvalue weighted by Crippen LogP contribution is 2.07. The highest BCUT2D eigenvalue weighted by molar-refractivity contribution is 5.91. The molecule has 0 aliphatic heterocycles. The molecule has 0 radical (unpaired) electrons. The Morgan fingerprint density at radius 3 is 2.71 bits per heavy atom. The molecule has 5 nitrogen and oxygen atoms in total. The van der Waals surface area contributed by atoms with Crippen LogP contribution in [0.3, 0.4) is 0 Å². The Morgan fingerprint density at radius 1 is 1.64 bits per heavy atom. The molecule has 0 saturated heterocycles. The van der Waals surface area contributed by atoms with Crippen molar-refractivity contribution in [3.8, 4) is 0 Å². The summed E-state index contributed by atoms with van der Waals surface area (Å²) in [5.74, 6) is 0.221. The third-order valence-corrected chi connectivity index (χ3v) is 2.16. The van der Waals surface area contributed by atoms with Crippen LogP contribution in [0.2, 0.25) is 0 Å². The number of rotatable bonds is 3. The number of nitrogens with two attached hydrogens (primary N) is 1. The number of nitrogens with one attached hydrogen (secondary N) is 2. The zero-order valence-electron chi connectivity index (χ0n) is 8.66. The number of hydrogen-bond acceptors (Lipinski definition) is 3. The fourth-order valence-electron chi connectivity index (χ4n) is 0.961. The molecule has 0 saturated carbocycles. The van der Waals surface area contributed by atoms with E-state index < -0.39 is 0 Å². The van der Waals surface area contributed by atoms with E-state index in [2.05, 4.69) is 15.5 Å². The van der Waals surface area contributed by atoms with E-state index in [4.69, 9.17) is 5.73 Å². The van der Waals surface area contributed by atoms with Gasteiger partial charge in [-0.05, 0) is 13.8 Å². The Balaban J connectivity index is 2.57. The van der Waals surface area contributed by atoms with Crippen LogP contribution < -0.4 is 11.1 Å². The van der Waals surface area contributed by atoms with Crippen LogP contribution in [0, 0.1) is 12.8 Å². The molecule has 1 rings (SSSR count). The second-order valence-corrected chi connectivity index (χ2v) is 3.57. The summed E-state index contributed by atoms with van der Waals surface area (Å²) in [6.45, 7) is 5.47. The first kappa shape index (κ1) is 10.7. The average Bonchev–Trinajstić information content (AvgIpc) is 2.49. The van der Waals surface area contributed by atoms with E-state index in [0.29, 0.717) is 5.82 Å². The minimum absolute atomic E-state index is 0.105. The van der Waals surface area contributed by atoms with Gasteiger partial charge in [0.2, 0.25) is 5.91 Å². The quantitative estimate of drug-likeness (QED) is 0.663. The smallest absolute Gasteiger partial charge is 0.229 e. The highest BCUT2D eigenvalue weighted by Gasteiger charge is 2.17. The van der Waals surface area contributed by atoms with Crippen LogP contribution in [-0.4, -0.2) is 22.1 Å². The number of nitrogens with zero attached hydrogens (tertiary/aromatic N) is 1. The third kappa shape index (κ3) is 2.56. The van der Waals surface area contributed by atoms with Gasteiger partial charge in [-0.15, -0.1) is 0 Å². The molecule has 78 valence electrons. The molecule has 1 heterocycles. The monoisotopic (exact) mass is 196 g/mol. The van der Waals surface area contributed by atoms with Gasteiger partial charge in [-0.25, -0.2) is 0 Å². The summed E-state index contributed by atoms with van der Waals surface area (Å²) in [7, 11) is 0. The molecule has 0 aliphatic carbocycles. The van der Waals surface area contributed by atoms with Crippen LogP contribution >= 0.6 is 0 Å². The van der Waals surface area contributed by atoms with Crippen molar-refractivity contribution in [1.29, 1.82) is 0 Å². The fraction of sp³-hybridized carbons (Fsp3) is 0.556. The molecule has 0 spiro atoms. The second-order valence-electron chi connectivity index (χ2n) is 3.57. The van der Waals surface area contributed by atoms with Gasteiger partial charge in [0, 0.05) is 17.8 Å². The van der Waals surface area contributed by atoms with E-state index in [-0.39, 0.29) is 17.9 Å². The number of amides is 1. The zero-order chi connectivity index (χ0) is 10.7. The molecule has 1 aromatic rings. The SMILES string of the molecule is Cc1cc(NC(=O)C(C)C(C)N)n[nH]1. The molecule has 14 heavy (non-hydrogen) atoms. The van der Waals surface area contributed by atoms with Crippen molar-refractivity contribution in [2.75, 3.05) is 5.32 Å². The topological polar surface area (TPSA) is 83.8 Å². The Morgan fingerprint density at radius 2 is 2.29 bits per heavy atom. The minimum atomic E-state index is -0.216. The van der Waals surface area contributed by atoms with E-state index in [1.807, 2.05) is 6.92 Å². The van der Waals surface area contributed by atoms with Crippen molar-refractivity contribution < 1.29 is 4.79 Å². The van der Waals surface area contributed by atoms with E-state index in [0.717, 1.165) is 5.69 Å². The number of aromatic nitrogens is 2. The van der Waals surface area contributed by atoms with E-state index in [9.17, 15) is 4.79 Å². The van der Waals surface area contributed by atoms with Gasteiger partial charge in [-0.2, -0.15) is 5.10 Å². The summed E-state index contributed by atoms with van der Waals surface area (Å²) < 4.78 is 0. The molecule has 0 bridgehead atoms. The Bertz CT molecular complexity index is 318. The summed E-state index contributed by atoms with van der Waals surface area (Å²) >= 11 is 0. The Kier molecular flexibility index (Phi) is 3.24. The van der Waals surface area contributed by atoms with Crippen molar-refractivity contribution in [1.82, 2.24) is 10.2 Å². The van der Waals surface area contributed by atoms with Crippen LogP contribution in [0.1, 0.15) is 19.5 Å². The molecule has 0 aromatic carbocycles. The predicted octanol–water partition coefficient (Wildman–Crippen LogP) is 0.640. The summed E-state index contributed by atoms with van der Waals surface area (Å²) in [6.07, 6.45) is 0. The molecule has 4 N–H and O–H groups in total. The van der Waals surface area contributed by atoms with Gasteiger partial charge >= 0.3 is 0 Å². The number of anilines is 1. The number of H-pyrrole nitrogens is 1. The summed E-state index contributed by atoms with van der Waals surface area (Å²) in [5.41, 5.74) is 6.52. The molecule has 2 unspecified atom stereocenters. The number of hydrogen-bond donors (Lipinski definition) is 3. The maximum absolute atomic E-state index is 11.5. The van der Waals surface area contributed by atoms with Gasteiger partial charge in [0.1, 0.15) is 0 Å². The van der Waals surface area contributed by atoms with Crippen LogP contribution in [-0.2, 0) is 4.79 Å². The fourth-order valence-corrected chi connectivity index (χ4v) is 0.961. The van der Waals surface area contributed by atoms with E-state index in [1.54, 1.807) is 19.9 Å². The first-order valence-electron chi connectivity index (χ1n) is 4.59. The maximum atomic E-state index is 11.5. The molecule has 2 atom stereocenters.